The number of rotatable bonds is 3. The third kappa shape index (κ3) is 2.27. The molecule has 0 spiro atoms. The number of nitrogens with one attached hydrogen (secondary N) is 1. The van der Waals surface area contributed by atoms with Crippen LogP contribution in [0.5, 0.6) is 0 Å². The Balaban J connectivity index is 1.68. The molecule has 4 unspecified atom stereocenters. The molecule has 2 aliphatic heterocycles. The predicted molar refractivity (Wildman–Crippen MR) is 67.4 cm³/mol. The number of carbonyl (C=O) groups is 2. The minimum absolute atomic E-state index is 0.156. The summed E-state index contributed by atoms with van der Waals surface area (Å²) in [4.78, 5) is 23.6. The quantitative estimate of drug-likeness (QED) is 0.749. The normalized spacial score (nSPS) is 37.5. The summed E-state index contributed by atoms with van der Waals surface area (Å²) in [6, 6.07) is 0.207. The molecule has 4 atom stereocenters. The molecule has 2 heterocycles. The largest absolute Gasteiger partial charge is 0.481 e. The van der Waals surface area contributed by atoms with Gasteiger partial charge in [-0.2, -0.15) is 0 Å². The van der Waals surface area contributed by atoms with Crippen LogP contribution >= 0.6 is 0 Å². The van der Waals surface area contributed by atoms with Crippen LogP contribution in [0.1, 0.15) is 32.1 Å². The Hall–Kier alpha value is -1.36. The summed E-state index contributed by atoms with van der Waals surface area (Å²) in [7, 11) is 0. The number of hydrogen-bond donors (Lipinski definition) is 2. The molecule has 0 aromatic rings. The zero-order chi connectivity index (χ0) is 13.4. The van der Waals surface area contributed by atoms with Crippen LogP contribution in [-0.4, -0.2) is 35.2 Å². The van der Waals surface area contributed by atoms with E-state index in [1.165, 1.54) is 6.42 Å². The van der Waals surface area contributed by atoms with Gasteiger partial charge in [0.2, 0.25) is 5.91 Å². The maximum absolute atomic E-state index is 12.3. The highest BCUT2D eigenvalue weighted by Gasteiger charge is 2.53. The summed E-state index contributed by atoms with van der Waals surface area (Å²) in [6.45, 7) is 0. The van der Waals surface area contributed by atoms with Gasteiger partial charge in [-0.25, -0.2) is 0 Å². The summed E-state index contributed by atoms with van der Waals surface area (Å²) in [6.07, 6.45) is 8.27. The maximum Gasteiger partial charge on any atom is 0.310 e. The molecule has 0 aromatic carbocycles. The van der Waals surface area contributed by atoms with Crippen molar-refractivity contribution >= 4 is 11.9 Å². The molecule has 3 aliphatic rings. The molecule has 5 nitrogen and oxygen atoms in total. The van der Waals surface area contributed by atoms with E-state index < -0.39 is 23.9 Å². The van der Waals surface area contributed by atoms with Gasteiger partial charge in [-0.3, -0.25) is 9.59 Å². The van der Waals surface area contributed by atoms with Gasteiger partial charge in [0.1, 0.15) is 5.92 Å². The van der Waals surface area contributed by atoms with E-state index in [4.69, 9.17) is 4.74 Å². The fraction of sp³-hybridized carbons (Fsp3) is 0.714. The van der Waals surface area contributed by atoms with Crippen molar-refractivity contribution < 1.29 is 19.4 Å². The molecular weight excluding hydrogens is 246 g/mol. The van der Waals surface area contributed by atoms with Crippen LogP contribution in [0.3, 0.4) is 0 Å². The summed E-state index contributed by atoms with van der Waals surface area (Å²) in [5.74, 6) is -2.41. The highest BCUT2D eigenvalue weighted by Crippen LogP contribution is 2.39. The predicted octanol–water partition coefficient (Wildman–Crippen LogP) is 1.09. The maximum atomic E-state index is 12.3. The van der Waals surface area contributed by atoms with Gasteiger partial charge in [0.05, 0.1) is 18.1 Å². The lowest BCUT2D eigenvalue weighted by Crippen LogP contribution is -2.46. The second-order valence-electron chi connectivity index (χ2n) is 5.68. The first kappa shape index (κ1) is 12.7. The molecule has 1 aliphatic carbocycles. The number of amides is 1. The molecular formula is C14H19NO4. The van der Waals surface area contributed by atoms with Gasteiger partial charge in [0, 0.05) is 6.04 Å². The fourth-order valence-electron chi connectivity index (χ4n) is 3.46. The van der Waals surface area contributed by atoms with Gasteiger partial charge in [0.25, 0.3) is 0 Å². The van der Waals surface area contributed by atoms with Crippen LogP contribution in [0.15, 0.2) is 12.2 Å². The molecule has 3 rings (SSSR count). The standard InChI is InChI=1S/C14H19NO4/c16-13(15-8-4-2-1-3-5-8)11-9-6-7-10(19-9)12(11)14(17)18/h6-12H,1-5H2,(H,15,16)(H,17,18). The summed E-state index contributed by atoms with van der Waals surface area (Å²) < 4.78 is 5.52. The molecule has 2 N–H and O–H groups in total. The Morgan fingerprint density at radius 2 is 1.68 bits per heavy atom. The van der Waals surface area contributed by atoms with Crippen LogP contribution in [0.4, 0.5) is 0 Å². The first-order valence-corrected chi connectivity index (χ1v) is 7.04. The van der Waals surface area contributed by atoms with Crippen molar-refractivity contribution in [2.24, 2.45) is 11.8 Å². The average molecular weight is 265 g/mol. The van der Waals surface area contributed by atoms with E-state index >= 15 is 0 Å². The Kier molecular flexibility index (Phi) is 3.31. The number of aliphatic carboxylic acids is 1. The summed E-state index contributed by atoms with van der Waals surface area (Å²) in [5.41, 5.74) is 0. The van der Waals surface area contributed by atoms with Crippen molar-refractivity contribution in [1.29, 1.82) is 0 Å². The van der Waals surface area contributed by atoms with Gasteiger partial charge in [-0.15, -0.1) is 0 Å². The Bertz CT molecular complexity index is 414. The zero-order valence-corrected chi connectivity index (χ0v) is 10.7. The van der Waals surface area contributed by atoms with E-state index in [1.54, 1.807) is 6.08 Å². The molecule has 0 aromatic heterocycles. The number of carbonyl (C=O) groups excluding carboxylic acids is 1. The summed E-state index contributed by atoms with van der Waals surface area (Å²) >= 11 is 0. The first-order valence-electron chi connectivity index (χ1n) is 7.04. The molecule has 1 saturated carbocycles. The van der Waals surface area contributed by atoms with E-state index in [0.717, 1.165) is 25.7 Å². The lowest BCUT2D eigenvalue weighted by atomic mass is 9.82. The van der Waals surface area contributed by atoms with E-state index in [0.29, 0.717) is 0 Å². The van der Waals surface area contributed by atoms with Gasteiger partial charge < -0.3 is 15.2 Å². The van der Waals surface area contributed by atoms with Crippen molar-refractivity contribution in [1.82, 2.24) is 5.32 Å². The van der Waals surface area contributed by atoms with Crippen molar-refractivity contribution in [3.8, 4) is 0 Å². The smallest absolute Gasteiger partial charge is 0.310 e. The molecule has 5 heteroatoms. The third-order valence-electron chi connectivity index (χ3n) is 4.44. The van der Waals surface area contributed by atoms with E-state index in [9.17, 15) is 14.7 Å². The van der Waals surface area contributed by atoms with Crippen molar-refractivity contribution in [2.75, 3.05) is 0 Å². The first-order chi connectivity index (χ1) is 9.16. The highest BCUT2D eigenvalue weighted by molar-refractivity contribution is 5.87. The van der Waals surface area contributed by atoms with Crippen LogP contribution in [0, 0.1) is 11.8 Å². The molecule has 1 amide bonds. The third-order valence-corrected chi connectivity index (χ3v) is 4.44. The Labute approximate surface area is 112 Å². The minimum Gasteiger partial charge on any atom is -0.481 e. The van der Waals surface area contributed by atoms with E-state index in [-0.39, 0.29) is 18.1 Å². The van der Waals surface area contributed by atoms with Gasteiger partial charge >= 0.3 is 5.97 Å². The molecule has 2 fully saturated rings. The average Bonchev–Trinajstić information content (AvgIpc) is 2.99. The van der Waals surface area contributed by atoms with Crippen molar-refractivity contribution in [2.45, 2.75) is 50.4 Å². The number of ether oxygens (including phenoxy) is 1. The zero-order valence-electron chi connectivity index (χ0n) is 10.7. The number of fused-ring (bicyclic) bond motifs is 2. The van der Waals surface area contributed by atoms with Gasteiger partial charge in [-0.05, 0) is 12.8 Å². The fourth-order valence-corrected chi connectivity index (χ4v) is 3.46. The number of hydrogen-bond acceptors (Lipinski definition) is 3. The molecule has 2 bridgehead atoms. The molecule has 19 heavy (non-hydrogen) atoms. The molecule has 104 valence electrons. The van der Waals surface area contributed by atoms with E-state index in [2.05, 4.69) is 5.32 Å². The van der Waals surface area contributed by atoms with E-state index in [1.807, 2.05) is 6.08 Å². The van der Waals surface area contributed by atoms with Gasteiger partial charge in [0.15, 0.2) is 0 Å². The van der Waals surface area contributed by atoms with Crippen LogP contribution in [0.2, 0.25) is 0 Å². The lowest BCUT2D eigenvalue weighted by molar-refractivity contribution is -0.146. The molecule has 1 saturated heterocycles. The SMILES string of the molecule is O=C(O)C1C2C=CC(O2)C1C(=O)NC1CCCCC1. The topological polar surface area (TPSA) is 75.6 Å². The highest BCUT2D eigenvalue weighted by atomic mass is 16.5. The Morgan fingerprint density at radius 3 is 2.32 bits per heavy atom. The van der Waals surface area contributed by atoms with Crippen molar-refractivity contribution in [3.05, 3.63) is 12.2 Å². The second-order valence-corrected chi connectivity index (χ2v) is 5.68. The van der Waals surface area contributed by atoms with Crippen LogP contribution in [-0.2, 0) is 14.3 Å². The lowest BCUT2D eigenvalue weighted by Gasteiger charge is -2.27. The monoisotopic (exact) mass is 265 g/mol. The minimum atomic E-state index is -0.944. The van der Waals surface area contributed by atoms with Crippen molar-refractivity contribution in [3.63, 3.8) is 0 Å². The van der Waals surface area contributed by atoms with Crippen LogP contribution in [0.25, 0.3) is 0 Å². The number of carboxylic acids is 1. The Morgan fingerprint density at radius 1 is 1.05 bits per heavy atom. The summed E-state index contributed by atoms with van der Waals surface area (Å²) in [5, 5.41) is 12.3. The second kappa shape index (κ2) is 4.96. The van der Waals surface area contributed by atoms with Crippen LogP contribution < -0.4 is 5.32 Å². The number of carboxylic acid groups (broad SMARTS) is 1. The molecule has 0 radical (unpaired) electrons. The van der Waals surface area contributed by atoms with Gasteiger partial charge in [-0.1, -0.05) is 31.4 Å².